The second-order valence-electron chi connectivity index (χ2n) is 3.76. The summed E-state index contributed by atoms with van der Waals surface area (Å²) in [5, 5.41) is 0. The SMILES string of the molecule is O=CC1CC(Br)=CN1c1ncccc1C(F)(F)F. The minimum atomic E-state index is -4.50. The largest absolute Gasteiger partial charge is 0.419 e. The van der Waals surface area contributed by atoms with Crippen LogP contribution in [0.25, 0.3) is 0 Å². The molecule has 2 heterocycles. The van der Waals surface area contributed by atoms with Gasteiger partial charge in [0, 0.05) is 23.3 Å². The predicted molar refractivity (Wildman–Crippen MR) is 63.2 cm³/mol. The second kappa shape index (κ2) is 4.72. The molecule has 0 N–H and O–H groups in total. The molecule has 1 aliphatic rings. The lowest BCUT2D eigenvalue weighted by atomic mass is 10.2. The van der Waals surface area contributed by atoms with Gasteiger partial charge in [0.15, 0.2) is 0 Å². The summed E-state index contributed by atoms with van der Waals surface area (Å²) in [6.07, 6.45) is -0.819. The van der Waals surface area contributed by atoms with Crippen molar-refractivity contribution in [2.75, 3.05) is 4.90 Å². The smallest absolute Gasteiger partial charge is 0.321 e. The van der Waals surface area contributed by atoms with E-state index in [2.05, 4.69) is 20.9 Å². The lowest BCUT2D eigenvalue weighted by molar-refractivity contribution is -0.137. The molecule has 0 spiro atoms. The number of halogens is 4. The third-order valence-corrected chi connectivity index (χ3v) is 3.06. The first-order valence-corrected chi connectivity index (χ1v) is 5.85. The van der Waals surface area contributed by atoms with E-state index in [0.29, 0.717) is 17.2 Å². The van der Waals surface area contributed by atoms with Gasteiger partial charge in [0.25, 0.3) is 0 Å². The van der Waals surface area contributed by atoms with Crippen molar-refractivity contribution >= 4 is 28.0 Å². The van der Waals surface area contributed by atoms with Crippen LogP contribution in [0.15, 0.2) is 29.0 Å². The van der Waals surface area contributed by atoms with Crippen LogP contribution in [0.2, 0.25) is 0 Å². The van der Waals surface area contributed by atoms with E-state index in [4.69, 9.17) is 0 Å². The van der Waals surface area contributed by atoms with Crippen LogP contribution in [0.3, 0.4) is 0 Å². The molecule has 0 aliphatic carbocycles. The third kappa shape index (κ3) is 2.40. The Balaban J connectivity index is 2.48. The average molecular weight is 321 g/mol. The zero-order chi connectivity index (χ0) is 13.3. The van der Waals surface area contributed by atoms with Crippen molar-refractivity contribution in [2.24, 2.45) is 0 Å². The molecular formula is C11H8BrF3N2O. The highest BCUT2D eigenvalue weighted by Crippen LogP contribution is 2.38. The molecule has 0 amide bonds. The molecule has 0 bridgehead atoms. The molecule has 0 fully saturated rings. The number of aldehydes is 1. The number of anilines is 1. The van der Waals surface area contributed by atoms with Gasteiger partial charge in [-0.15, -0.1) is 0 Å². The molecule has 18 heavy (non-hydrogen) atoms. The highest BCUT2D eigenvalue weighted by atomic mass is 79.9. The summed E-state index contributed by atoms with van der Waals surface area (Å²) in [6, 6.07) is 1.51. The number of pyridine rings is 1. The maximum atomic E-state index is 12.8. The first kappa shape index (κ1) is 13.1. The molecule has 0 saturated carbocycles. The van der Waals surface area contributed by atoms with Crippen molar-refractivity contribution in [3.8, 4) is 0 Å². The minimum Gasteiger partial charge on any atom is -0.321 e. The lowest BCUT2D eigenvalue weighted by Gasteiger charge is -2.23. The van der Waals surface area contributed by atoms with Gasteiger partial charge in [-0.1, -0.05) is 15.9 Å². The van der Waals surface area contributed by atoms with Gasteiger partial charge in [-0.05, 0) is 12.1 Å². The van der Waals surface area contributed by atoms with Gasteiger partial charge in [-0.2, -0.15) is 13.2 Å². The van der Waals surface area contributed by atoms with Gasteiger partial charge in [-0.3, -0.25) is 0 Å². The maximum Gasteiger partial charge on any atom is 0.419 e. The molecule has 7 heteroatoms. The van der Waals surface area contributed by atoms with Crippen LogP contribution >= 0.6 is 15.9 Å². The summed E-state index contributed by atoms with van der Waals surface area (Å²) in [5.74, 6) is -0.253. The molecule has 1 aromatic heterocycles. The van der Waals surface area contributed by atoms with Crippen LogP contribution in [0, 0.1) is 0 Å². The van der Waals surface area contributed by atoms with E-state index in [0.717, 1.165) is 6.07 Å². The Hall–Kier alpha value is -1.37. The van der Waals surface area contributed by atoms with Crippen molar-refractivity contribution < 1.29 is 18.0 Å². The topological polar surface area (TPSA) is 33.2 Å². The summed E-state index contributed by atoms with van der Waals surface area (Å²) in [4.78, 5) is 15.9. The van der Waals surface area contributed by atoms with E-state index >= 15 is 0 Å². The Bertz CT molecular complexity index is 501. The standard InChI is InChI=1S/C11H8BrF3N2O/c12-7-4-8(6-18)17(5-7)10-9(11(13,14)15)2-1-3-16-10/h1-3,5-6,8H,4H2. The van der Waals surface area contributed by atoms with Crippen LogP contribution in [-0.4, -0.2) is 17.3 Å². The Morgan fingerprint density at radius 3 is 2.83 bits per heavy atom. The summed E-state index contributed by atoms with van der Waals surface area (Å²) in [5.41, 5.74) is -0.852. The van der Waals surface area contributed by atoms with E-state index in [1.165, 1.54) is 23.4 Å². The van der Waals surface area contributed by atoms with Gasteiger partial charge in [-0.25, -0.2) is 4.98 Å². The predicted octanol–water partition coefficient (Wildman–Crippen LogP) is 3.11. The Kier molecular flexibility index (Phi) is 3.43. The molecule has 0 aromatic carbocycles. The molecular weight excluding hydrogens is 313 g/mol. The summed E-state index contributed by atoms with van der Waals surface area (Å²) in [7, 11) is 0. The first-order valence-electron chi connectivity index (χ1n) is 5.05. The van der Waals surface area contributed by atoms with Gasteiger partial charge in [0.05, 0.1) is 11.6 Å². The zero-order valence-corrected chi connectivity index (χ0v) is 10.6. The van der Waals surface area contributed by atoms with Crippen LogP contribution in [0.4, 0.5) is 19.0 Å². The molecule has 0 saturated heterocycles. The minimum absolute atomic E-state index is 0.253. The van der Waals surface area contributed by atoms with Crippen LogP contribution < -0.4 is 4.90 Å². The van der Waals surface area contributed by atoms with Gasteiger partial charge in [0.2, 0.25) is 0 Å². The number of hydrogen-bond donors (Lipinski definition) is 0. The summed E-state index contributed by atoms with van der Waals surface area (Å²) >= 11 is 3.18. The van der Waals surface area contributed by atoms with E-state index in [1.807, 2.05) is 0 Å². The van der Waals surface area contributed by atoms with E-state index in [-0.39, 0.29) is 5.82 Å². The summed E-state index contributed by atoms with van der Waals surface area (Å²) < 4.78 is 39.2. The zero-order valence-electron chi connectivity index (χ0n) is 8.99. The third-order valence-electron chi connectivity index (χ3n) is 2.53. The van der Waals surface area contributed by atoms with Crippen LogP contribution in [0.5, 0.6) is 0 Å². The lowest BCUT2D eigenvalue weighted by Crippen LogP contribution is -2.30. The van der Waals surface area contributed by atoms with Crippen LogP contribution in [-0.2, 0) is 11.0 Å². The van der Waals surface area contributed by atoms with Crippen molar-refractivity contribution in [1.29, 1.82) is 0 Å². The number of carbonyl (C=O) groups excluding carboxylic acids is 1. The molecule has 1 unspecified atom stereocenters. The fourth-order valence-corrected chi connectivity index (χ4v) is 2.31. The van der Waals surface area contributed by atoms with Gasteiger partial charge >= 0.3 is 6.18 Å². The maximum absolute atomic E-state index is 12.8. The van der Waals surface area contributed by atoms with Gasteiger partial charge < -0.3 is 9.69 Å². The Morgan fingerprint density at radius 1 is 1.50 bits per heavy atom. The molecule has 0 radical (unpaired) electrons. The van der Waals surface area contributed by atoms with Gasteiger partial charge in [0.1, 0.15) is 12.1 Å². The van der Waals surface area contributed by atoms with E-state index in [9.17, 15) is 18.0 Å². The van der Waals surface area contributed by atoms with Crippen molar-refractivity contribution in [2.45, 2.75) is 18.6 Å². The number of hydrogen-bond acceptors (Lipinski definition) is 3. The first-order chi connectivity index (χ1) is 8.43. The quantitative estimate of drug-likeness (QED) is 0.785. The number of aromatic nitrogens is 1. The van der Waals surface area contributed by atoms with E-state index in [1.54, 1.807) is 0 Å². The molecule has 96 valence electrons. The van der Waals surface area contributed by atoms with E-state index < -0.39 is 17.8 Å². The highest BCUT2D eigenvalue weighted by molar-refractivity contribution is 9.11. The number of carbonyl (C=O) groups is 1. The number of nitrogens with zero attached hydrogens (tertiary/aromatic N) is 2. The van der Waals surface area contributed by atoms with Crippen molar-refractivity contribution in [3.63, 3.8) is 0 Å². The normalized spacial score (nSPS) is 19.9. The Morgan fingerprint density at radius 2 is 2.22 bits per heavy atom. The molecule has 1 aromatic rings. The van der Waals surface area contributed by atoms with Crippen LogP contribution in [0.1, 0.15) is 12.0 Å². The fourth-order valence-electron chi connectivity index (χ4n) is 1.75. The van der Waals surface area contributed by atoms with Crippen molar-refractivity contribution in [1.82, 2.24) is 4.98 Å². The fraction of sp³-hybridized carbons (Fsp3) is 0.273. The average Bonchev–Trinajstić information content (AvgIpc) is 2.69. The second-order valence-corrected chi connectivity index (χ2v) is 4.78. The van der Waals surface area contributed by atoms with Crippen molar-refractivity contribution in [3.05, 3.63) is 34.6 Å². The molecule has 1 atom stereocenters. The molecule has 1 aliphatic heterocycles. The Labute approximate surface area is 109 Å². The molecule has 2 rings (SSSR count). The summed E-state index contributed by atoms with van der Waals surface area (Å²) in [6.45, 7) is 0. The number of alkyl halides is 3. The highest BCUT2D eigenvalue weighted by Gasteiger charge is 2.37. The molecule has 3 nitrogen and oxygen atoms in total. The number of rotatable bonds is 2. The monoisotopic (exact) mass is 320 g/mol.